The number of benzene rings is 2. The Kier molecular flexibility index (Phi) is 5.24. The highest BCUT2D eigenvalue weighted by Crippen LogP contribution is 2.21. The molecule has 0 aromatic heterocycles. The minimum absolute atomic E-state index is 0.0175. The van der Waals surface area contributed by atoms with Gasteiger partial charge in [-0.05, 0) is 55.3 Å². The van der Waals surface area contributed by atoms with E-state index in [1.165, 1.54) is 18.2 Å². The van der Waals surface area contributed by atoms with Crippen LogP contribution in [0, 0.1) is 13.8 Å². The van der Waals surface area contributed by atoms with Gasteiger partial charge in [-0.15, -0.1) is 0 Å². The third-order valence-corrected chi connectivity index (χ3v) is 3.64. The number of amides is 1. The number of carbonyl (C=O) groups is 2. The second-order valence-corrected chi connectivity index (χ2v) is 5.49. The number of aromatic carboxylic acids is 1. The fourth-order valence-corrected chi connectivity index (χ4v) is 2.18. The standard InChI is InChI=1S/C17H16ClNO4/c1-10-3-5-13(7-11(10)2)23-9-16(20)19-12-4-6-14(17(21)22)15(18)8-12/h3-8H,9H2,1-2H3,(H,19,20)(H,21,22). The molecule has 0 saturated carbocycles. The molecule has 2 N–H and O–H groups in total. The third kappa shape index (κ3) is 4.47. The Morgan fingerprint density at radius 3 is 2.48 bits per heavy atom. The lowest BCUT2D eigenvalue weighted by atomic mass is 10.1. The lowest BCUT2D eigenvalue weighted by molar-refractivity contribution is -0.118. The molecule has 0 fully saturated rings. The lowest BCUT2D eigenvalue weighted by Gasteiger charge is -2.09. The molecule has 0 spiro atoms. The number of nitrogens with one attached hydrogen (secondary N) is 1. The summed E-state index contributed by atoms with van der Waals surface area (Å²) in [6, 6.07) is 9.79. The van der Waals surface area contributed by atoms with Crippen LogP contribution in [0.3, 0.4) is 0 Å². The summed E-state index contributed by atoms with van der Waals surface area (Å²) < 4.78 is 5.43. The summed E-state index contributed by atoms with van der Waals surface area (Å²) in [6.45, 7) is 3.81. The number of aryl methyl sites for hydroxylation is 2. The number of carboxylic acid groups (broad SMARTS) is 1. The number of hydrogen-bond donors (Lipinski definition) is 2. The van der Waals surface area contributed by atoms with E-state index < -0.39 is 5.97 Å². The molecule has 120 valence electrons. The molecule has 6 heteroatoms. The fourth-order valence-electron chi connectivity index (χ4n) is 1.92. The van der Waals surface area contributed by atoms with E-state index in [0.29, 0.717) is 11.4 Å². The molecule has 2 aromatic rings. The van der Waals surface area contributed by atoms with Gasteiger partial charge < -0.3 is 15.2 Å². The highest BCUT2D eigenvalue weighted by Gasteiger charge is 2.10. The van der Waals surface area contributed by atoms with Crippen LogP contribution in [0.2, 0.25) is 5.02 Å². The topological polar surface area (TPSA) is 75.6 Å². The van der Waals surface area contributed by atoms with Gasteiger partial charge >= 0.3 is 5.97 Å². The first-order valence-corrected chi connectivity index (χ1v) is 7.27. The van der Waals surface area contributed by atoms with Crippen molar-refractivity contribution in [2.45, 2.75) is 13.8 Å². The summed E-state index contributed by atoms with van der Waals surface area (Å²) in [5.41, 5.74) is 2.62. The van der Waals surface area contributed by atoms with Crippen molar-refractivity contribution < 1.29 is 19.4 Å². The lowest BCUT2D eigenvalue weighted by Crippen LogP contribution is -2.20. The number of carboxylic acids is 1. The van der Waals surface area contributed by atoms with E-state index in [9.17, 15) is 9.59 Å². The van der Waals surface area contributed by atoms with Gasteiger partial charge in [0, 0.05) is 5.69 Å². The van der Waals surface area contributed by atoms with Crippen molar-refractivity contribution in [2.24, 2.45) is 0 Å². The van der Waals surface area contributed by atoms with E-state index in [1.54, 1.807) is 6.07 Å². The van der Waals surface area contributed by atoms with Gasteiger partial charge in [-0.1, -0.05) is 17.7 Å². The van der Waals surface area contributed by atoms with E-state index in [-0.39, 0.29) is 23.1 Å². The second kappa shape index (κ2) is 7.15. The monoisotopic (exact) mass is 333 g/mol. The van der Waals surface area contributed by atoms with Crippen molar-refractivity contribution in [3.63, 3.8) is 0 Å². The maximum atomic E-state index is 11.9. The average molecular weight is 334 g/mol. The zero-order valence-corrected chi connectivity index (χ0v) is 13.5. The van der Waals surface area contributed by atoms with Gasteiger partial charge in [-0.3, -0.25) is 4.79 Å². The van der Waals surface area contributed by atoms with Crippen LogP contribution < -0.4 is 10.1 Å². The first kappa shape index (κ1) is 16.8. The van der Waals surface area contributed by atoms with E-state index in [4.69, 9.17) is 21.4 Å². The predicted molar refractivity (Wildman–Crippen MR) is 88.5 cm³/mol. The Morgan fingerprint density at radius 2 is 1.87 bits per heavy atom. The van der Waals surface area contributed by atoms with Crippen LogP contribution >= 0.6 is 11.6 Å². The van der Waals surface area contributed by atoms with Gasteiger partial charge in [0.2, 0.25) is 0 Å². The molecule has 0 aliphatic rings. The summed E-state index contributed by atoms with van der Waals surface area (Å²) in [6.07, 6.45) is 0. The number of anilines is 1. The molecule has 23 heavy (non-hydrogen) atoms. The molecule has 5 nitrogen and oxygen atoms in total. The third-order valence-electron chi connectivity index (χ3n) is 3.33. The summed E-state index contributed by atoms with van der Waals surface area (Å²) in [4.78, 5) is 22.7. The quantitative estimate of drug-likeness (QED) is 0.875. The number of ether oxygens (including phenoxy) is 1. The molecular formula is C17H16ClNO4. The average Bonchev–Trinajstić information content (AvgIpc) is 2.48. The van der Waals surface area contributed by atoms with Crippen LogP contribution in [0.4, 0.5) is 5.69 Å². The van der Waals surface area contributed by atoms with Crippen LogP contribution in [-0.2, 0) is 4.79 Å². The Labute approximate surface area is 138 Å². The van der Waals surface area contributed by atoms with Crippen LogP contribution in [-0.4, -0.2) is 23.6 Å². The van der Waals surface area contributed by atoms with Gasteiger partial charge in [0.15, 0.2) is 6.61 Å². The summed E-state index contributed by atoms with van der Waals surface area (Å²) in [7, 11) is 0. The Bertz CT molecular complexity index is 758. The molecule has 2 rings (SSSR count). The van der Waals surface area contributed by atoms with Crippen molar-refractivity contribution in [3.05, 3.63) is 58.1 Å². The molecule has 0 unspecified atom stereocenters. The summed E-state index contributed by atoms with van der Waals surface area (Å²) in [5.74, 6) is -0.865. The van der Waals surface area contributed by atoms with Gasteiger partial charge in [-0.2, -0.15) is 0 Å². The Balaban J connectivity index is 1.95. The van der Waals surface area contributed by atoms with Crippen molar-refractivity contribution in [1.82, 2.24) is 0 Å². The first-order valence-electron chi connectivity index (χ1n) is 6.89. The van der Waals surface area contributed by atoms with E-state index in [1.807, 2.05) is 26.0 Å². The van der Waals surface area contributed by atoms with Gasteiger partial charge in [-0.25, -0.2) is 4.79 Å². The molecule has 0 saturated heterocycles. The molecule has 0 heterocycles. The summed E-state index contributed by atoms with van der Waals surface area (Å²) >= 11 is 5.85. The van der Waals surface area contributed by atoms with Crippen molar-refractivity contribution in [2.75, 3.05) is 11.9 Å². The number of hydrogen-bond acceptors (Lipinski definition) is 3. The minimum Gasteiger partial charge on any atom is -0.484 e. The fraction of sp³-hybridized carbons (Fsp3) is 0.176. The minimum atomic E-state index is -1.12. The molecule has 0 radical (unpaired) electrons. The van der Waals surface area contributed by atoms with Gasteiger partial charge in [0.25, 0.3) is 5.91 Å². The maximum Gasteiger partial charge on any atom is 0.337 e. The SMILES string of the molecule is Cc1ccc(OCC(=O)Nc2ccc(C(=O)O)c(Cl)c2)cc1C. The molecular weight excluding hydrogens is 318 g/mol. The Hall–Kier alpha value is -2.53. The van der Waals surface area contributed by atoms with Crippen molar-refractivity contribution in [1.29, 1.82) is 0 Å². The molecule has 0 aliphatic heterocycles. The second-order valence-electron chi connectivity index (χ2n) is 5.08. The predicted octanol–water partition coefficient (Wildman–Crippen LogP) is 3.67. The van der Waals surface area contributed by atoms with Crippen LogP contribution in [0.25, 0.3) is 0 Å². The van der Waals surface area contributed by atoms with Crippen molar-refractivity contribution in [3.8, 4) is 5.75 Å². The molecule has 2 aromatic carbocycles. The number of halogens is 1. The normalized spacial score (nSPS) is 10.2. The molecule has 1 amide bonds. The highest BCUT2D eigenvalue weighted by atomic mass is 35.5. The van der Waals surface area contributed by atoms with Gasteiger partial charge in [0.05, 0.1) is 10.6 Å². The van der Waals surface area contributed by atoms with Crippen LogP contribution in [0.5, 0.6) is 5.75 Å². The zero-order chi connectivity index (χ0) is 17.0. The molecule has 0 atom stereocenters. The first-order chi connectivity index (χ1) is 10.9. The zero-order valence-electron chi connectivity index (χ0n) is 12.7. The highest BCUT2D eigenvalue weighted by molar-refractivity contribution is 6.33. The van der Waals surface area contributed by atoms with Crippen LogP contribution in [0.15, 0.2) is 36.4 Å². The maximum absolute atomic E-state index is 11.9. The largest absolute Gasteiger partial charge is 0.484 e. The van der Waals surface area contributed by atoms with Crippen LogP contribution in [0.1, 0.15) is 21.5 Å². The van der Waals surface area contributed by atoms with Gasteiger partial charge in [0.1, 0.15) is 5.75 Å². The van der Waals surface area contributed by atoms with E-state index in [0.717, 1.165) is 11.1 Å². The van der Waals surface area contributed by atoms with E-state index >= 15 is 0 Å². The Morgan fingerprint density at radius 1 is 1.13 bits per heavy atom. The molecule has 0 aliphatic carbocycles. The number of carbonyl (C=O) groups excluding carboxylic acids is 1. The number of rotatable bonds is 5. The smallest absolute Gasteiger partial charge is 0.337 e. The van der Waals surface area contributed by atoms with Crippen molar-refractivity contribution >= 4 is 29.2 Å². The summed E-state index contributed by atoms with van der Waals surface area (Å²) in [5, 5.41) is 11.6. The molecule has 0 bridgehead atoms. The van der Waals surface area contributed by atoms with E-state index in [2.05, 4.69) is 5.32 Å².